The second kappa shape index (κ2) is 10.8. The van der Waals surface area contributed by atoms with E-state index in [4.69, 9.17) is 4.74 Å². The second-order valence-corrected chi connectivity index (χ2v) is 9.61. The molecule has 2 aromatic carbocycles. The van der Waals surface area contributed by atoms with Crippen LogP contribution in [0.4, 0.5) is 4.79 Å². The third-order valence-corrected chi connectivity index (χ3v) is 6.96. The first kappa shape index (κ1) is 24.5. The number of nitrogens with one attached hydrogen (secondary N) is 2. The molecule has 35 heavy (non-hydrogen) atoms. The summed E-state index contributed by atoms with van der Waals surface area (Å²) in [5.41, 5.74) is 4.60. The van der Waals surface area contributed by atoms with Crippen molar-refractivity contribution in [1.82, 2.24) is 10.6 Å². The summed E-state index contributed by atoms with van der Waals surface area (Å²) in [6.45, 7) is 4.18. The molecule has 0 heterocycles. The molecule has 1 unspecified atom stereocenters. The van der Waals surface area contributed by atoms with Crippen molar-refractivity contribution in [2.24, 2.45) is 17.8 Å². The van der Waals surface area contributed by atoms with Gasteiger partial charge in [0, 0.05) is 18.5 Å². The molecule has 4 rings (SSSR count). The summed E-state index contributed by atoms with van der Waals surface area (Å²) in [7, 11) is 0. The lowest BCUT2D eigenvalue weighted by atomic mass is 9.89. The maximum Gasteiger partial charge on any atom is 0.407 e. The highest BCUT2D eigenvalue weighted by Gasteiger charge is 2.30. The van der Waals surface area contributed by atoms with E-state index in [1.165, 1.54) is 0 Å². The first-order valence-electron chi connectivity index (χ1n) is 12.1. The topological polar surface area (TPSA) is 105 Å². The number of allylic oxidation sites excluding steroid dienone is 1. The Kier molecular flexibility index (Phi) is 7.54. The molecular formula is C28H32N2O5. The normalized spacial score (nSPS) is 19.5. The highest BCUT2D eigenvalue weighted by Crippen LogP contribution is 2.44. The average Bonchev–Trinajstić information content (AvgIpc) is 3.16. The molecule has 3 N–H and O–H groups in total. The van der Waals surface area contributed by atoms with Gasteiger partial charge in [-0.2, -0.15) is 0 Å². The minimum Gasteiger partial charge on any atom is -0.481 e. The lowest BCUT2D eigenvalue weighted by Crippen LogP contribution is -2.46. The maximum absolute atomic E-state index is 12.9. The number of amides is 2. The second-order valence-electron chi connectivity index (χ2n) is 9.61. The molecule has 0 aromatic heterocycles. The van der Waals surface area contributed by atoms with Crippen LogP contribution in [0.15, 0.2) is 60.7 Å². The van der Waals surface area contributed by atoms with E-state index in [1.807, 2.05) is 44.2 Å². The predicted octanol–water partition coefficient (Wildman–Crippen LogP) is 4.33. The Morgan fingerprint density at radius 2 is 1.66 bits per heavy atom. The molecule has 0 fully saturated rings. The largest absolute Gasteiger partial charge is 0.481 e. The van der Waals surface area contributed by atoms with Crippen molar-refractivity contribution >= 4 is 18.0 Å². The van der Waals surface area contributed by atoms with E-state index < -0.39 is 23.9 Å². The van der Waals surface area contributed by atoms with E-state index in [1.54, 1.807) is 6.08 Å². The molecule has 0 spiro atoms. The standard InChI is InChI=1S/C28H32N2O5/c1-17(2)24(26(31)30-19-9-7-8-18(14-19)27(32)33)15-29-28(34)35-16-25-22-12-5-3-10-20(22)21-11-4-6-13-23(21)25/h3-7,9-13,17-19,24-25H,8,14-16H2,1-2H3,(H,29,34)(H,30,31)(H,32,33)/t18-,19-,24?/m0/s1. The zero-order valence-electron chi connectivity index (χ0n) is 20.1. The Morgan fingerprint density at radius 3 is 2.26 bits per heavy atom. The van der Waals surface area contributed by atoms with Gasteiger partial charge in [-0.25, -0.2) is 4.79 Å². The van der Waals surface area contributed by atoms with Gasteiger partial charge in [-0.1, -0.05) is 74.5 Å². The van der Waals surface area contributed by atoms with Crippen molar-refractivity contribution in [3.63, 3.8) is 0 Å². The molecule has 0 radical (unpaired) electrons. The number of fused-ring (bicyclic) bond motifs is 3. The summed E-state index contributed by atoms with van der Waals surface area (Å²) in [6.07, 6.45) is 3.91. The summed E-state index contributed by atoms with van der Waals surface area (Å²) < 4.78 is 5.58. The van der Waals surface area contributed by atoms with E-state index >= 15 is 0 Å². The highest BCUT2D eigenvalue weighted by atomic mass is 16.5. The van der Waals surface area contributed by atoms with Gasteiger partial charge in [-0.15, -0.1) is 0 Å². The van der Waals surface area contributed by atoms with Gasteiger partial charge in [0.05, 0.1) is 11.8 Å². The maximum atomic E-state index is 12.9. The first-order valence-corrected chi connectivity index (χ1v) is 12.1. The Labute approximate surface area is 205 Å². The van der Waals surface area contributed by atoms with Crippen LogP contribution in [0.25, 0.3) is 11.1 Å². The fourth-order valence-corrected chi connectivity index (χ4v) is 4.96. The number of carboxylic acid groups (broad SMARTS) is 1. The molecular weight excluding hydrogens is 444 g/mol. The van der Waals surface area contributed by atoms with Gasteiger partial charge >= 0.3 is 12.1 Å². The molecule has 0 aliphatic heterocycles. The van der Waals surface area contributed by atoms with Crippen molar-refractivity contribution in [2.45, 2.75) is 38.6 Å². The summed E-state index contributed by atoms with van der Waals surface area (Å²) in [6, 6.07) is 16.0. The Hall–Kier alpha value is -3.61. The average molecular weight is 477 g/mol. The first-order chi connectivity index (χ1) is 16.8. The van der Waals surface area contributed by atoms with Crippen LogP contribution in [0.3, 0.4) is 0 Å². The molecule has 0 bridgehead atoms. The van der Waals surface area contributed by atoms with Crippen molar-refractivity contribution in [1.29, 1.82) is 0 Å². The fourth-order valence-electron chi connectivity index (χ4n) is 4.96. The number of hydrogen-bond acceptors (Lipinski definition) is 4. The highest BCUT2D eigenvalue weighted by molar-refractivity contribution is 5.81. The van der Waals surface area contributed by atoms with Crippen LogP contribution in [0.5, 0.6) is 0 Å². The molecule has 2 aromatic rings. The van der Waals surface area contributed by atoms with E-state index in [2.05, 4.69) is 34.9 Å². The third kappa shape index (κ3) is 5.56. The van der Waals surface area contributed by atoms with Crippen molar-refractivity contribution in [3.05, 3.63) is 71.8 Å². The lowest BCUT2D eigenvalue weighted by molar-refractivity contribution is -0.142. The van der Waals surface area contributed by atoms with Crippen LogP contribution in [-0.2, 0) is 14.3 Å². The SMILES string of the molecule is CC(C)C(CNC(=O)OCC1c2ccccc2-c2ccccc21)C(=O)N[C@H]1C=CC[C@H](C(=O)O)C1. The molecule has 7 heteroatoms. The molecule has 184 valence electrons. The zero-order chi connectivity index (χ0) is 24.9. The van der Waals surface area contributed by atoms with Crippen molar-refractivity contribution < 1.29 is 24.2 Å². The molecule has 2 amide bonds. The Morgan fingerprint density at radius 1 is 1.03 bits per heavy atom. The van der Waals surface area contributed by atoms with Crippen molar-refractivity contribution in [3.8, 4) is 11.1 Å². The van der Waals surface area contributed by atoms with Crippen LogP contribution in [0, 0.1) is 17.8 Å². The van der Waals surface area contributed by atoms with Crippen LogP contribution >= 0.6 is 0 Å². The zero-order valence-corrected chi connectivity index (χ0v) is 20.1. The Bertz CT molecular complexity index is 1080. The Balaban J connectivity index is 1.32. The lowest BCUT2D eigenvalue weighted by Gasteiger charge is -2.27. The minimum atomic E-state index is -0.856. The molecule has 2 aliphatic carbocycles. The number of aliphatic carboxylic acids is 1. The number of benzene rings is 2. The van der Waals surface area contributed by atoms with E-state index in [9.17, 15) is 19.5 Å². The van der Waals surface area contributed by atoms with Crippen LogP contribution in [-0.4, -0.2) is 42.3 Å². The summed E-state index contributed by atoms with van der Waals surface area (Å²) in [5, 5.41) is 14.9. The van der Waals surface area contributed by atoms with Crippen LogP contribution in [0.2, 0.25) is 0 Å². The fraction of sp³-hybridized carbons (Fsp3) is 0.393. The number of hydrogen-bond donors (Lipinski definition) is 3. The summed E-state index contributed by atoms with van der Waals surface area (Å²) in [5.74, 6) is -2.08. The summed E-state index contributed by atoms with van der Waals surface area (Å²) >= 11 is 0. The van der Waals surface area contributed by atoms with Crippen LogP contribution < -0.4 is 10.6 Å². The van der Waals surface area contributed by atoms with Crippen molar-refractivity contribution in [2.75, 3.05) is 13.2 Å². The number of rotatable bonds is 8. The smallest absolute Gasteiger partial charge is 0.407 e. The quantitative estimate of drug-likeness (QED) is 0.492. The number of carboxylic acids is 1. The predicted molar refractivity (Wildman–Crippen MR) is 133 cm³/mol. The third-order valence-electron chi connectivity index (χ3n) is 6.96. The van der Waals surface area contributed by atoms with Gasteiger partial charge in [0.15, 0.2) is 0 Å². The molecule has 3 atom stereocenters. The molecule has 0 saturated heterocycles. The van der Waals surface area contributed by atoms with E-state index in [0.717, 1.165) is 22.3 Å². The van der Waals surface area contributed by atoms with E-state index in [0.29, 0.717) is 12.8 Å². The number of carbonyl (C=O) groups is 3. The molecule has 2 aliphatic rings. The molecule has 7 nitrogen and oxygen atoms in total. The van der Waals surface area contributed by atoms with Crippen LogP contribution in [0.1, 0.15) is 43.7 Å². The van der Waals surface area contributed by atoms with Gasteiger partial charge in [0.2, 0.25) is 5.91 Å². The van der Waals surface area contributed by atoms with Gasteiger partial charge in [-0.3, -0.25) is 9.59 Å². The van der Waals surface area contributed by atoms with Gasteiger partial charge in [0.1, 0.15) is 6.61 Å². The number of carbonyl (C=O) groups excluding carboxylic acids is 2. The summed E-state index contributed by atoms with van der Waals surface area (Å²) in [4.78, 5) is 36.7. The minimum absolute atomic E-state index is 0.0215. The van der Waals surface area contributed by atoms with Gasteiger partial charge < -0.3 is 20.5 Å². The van der Waals surface area contributed by atoms with E-state index in [-0.39, 0.29) is 36.9 Å². The molecule has 0 saturated carbocycles. The number of ether oxygens (including phenoxy) is 1. The van der Waals surface area contributed by atoms with Gasteiger partial charge in [0.25, 0.3) is 0 Å². The number of alkyl carbamates (subject to hydrolysis) is 1. The monoisotopic (exact) mass is 476 g/mol. The van der Waals surface area contributed by atoms with Gasteiger partial charge in [-0.05, 0) is 41.0 Å².